The number of aryl methyl sites for hydroxylation is 1. The van der Waals surface area contributed by atoms with E-state index < -0.39 is 5.82 Å². The third-order valence-electron chi connectivity index (χ3n) is 3.63. The Morgan fingerprint density at radius 3 is 2.70 bits per heavy atom. The zero-order chi connectivity index (χ0) is 19.2. The van der Waals surface area contributed by atoms with Gasteiger partial charge in [0.2, 0.25) is 5.91 Å². The second-order valence-corrected chi connectivity index (χ2v) is 7.17. The lowest BCUT2D eigenvalue weighted by Gasteiger charge is -2.04. The molecule has 0 aliphatic heterocycles. The lowest BCUT2D eigenvalue weighted by molar-refractivity contribution is -0.121. The van der Waals surface area contributed by atoms with Crippen molar-refractivity contribution in [2.24, 2.45) is 0 Å². The number of hydrogen-bond donors (Lipinski definition) is 2. The molecule has 0 saturated carbocycles. The van der Waals surface area contributed by atoms with Gasteiger partial charge in [-0.15, -0.1) is 11.3 Å². The van der Waals surface area contributed by atoms with Crippen LogP contribution in [0.3, 0.4) is 0 Å². The quantitative estimate of drug-likeness (QED) is 0.652. The average Bonchev–Trinajstić information content (AvgIpc) is 3.24. The Labute approximate surface area is 159 Å². The van der Waals surface area contributed by atoms with Crippen molar-refractivity contribution in [1.29, 1.82) is 0 Å². The molecule has 27 heavy (non-hydrogen) atoms. The Hall–Kier alpha value is -3.07. The molecule has 0 fully saturated rings. The van der Waals surface area contributed by atoms with Gasteiger partial charge in [-0.25, -0.2) is 9.37 Å². The summed E-state index contributed by atoms with van der Waals surface area (Å²) in [5.74, 6) is -0.962. The summed E-state index contributed by atoms with van der Waals surface area (Å²) in [6.07, 6.45) is 5.51. The molecule has 0 saturated heterocycles. The van der Waals surface area contributed by atoms with Gasteiger partial charge in [0, 0.05) is 35.8 Å². The van der Waals surface area contributed by atoms with Crippen molar-refractivity contribution < 1.29 is 14.0 Å². The number of hydrogen-bond acceptors (Lipinski definition) is 5. The van der Waals surface area contributed by atoms with Crippen molar-refractivity contribution in [3.05, 3.63) is 64.1 Å². The maximum absolute atomic E-state index is 12.9. The number of rotatable bonds is 7. The summed E-state index contributed by atoms with van der Waals surface area (Å²) in [6.45, 7) is 2.54. The number of anilines is 1. The van der Waals surface area contributed by atoms with Crippen LogP contribution in [0.1, 0.15) is 20.2 Å². The van der Waals surface area contributed by atoms with Gasteiger partial charge in [-0.2, -0.15) is 5.10 Å². The number of benzene rings is 1. The van der Waals surface area contributed by atoms with Gasteiger partial charge >= 0.3 is 0 Å². The summed E-state index contributed by atoms with van der Waals surface area (Å²) >= 11 is 1.61. The minimum absolute atomic E-state index is 0.0450. The zero-order valence-corrected chi connectivity index (χ0v) is 15.4. The molecule has 2 heterocycles. The molecule has 140 valence electrons. The molecule has 9 heteroatoms. The van der Waals surface area contributed by atoms with E-state index in [0.717, 1.165) is 9.88 Å². The standard InChI is InChI=1S/C18H18FN5O2S/c1-12-8-21-17(27-12)6-7-20-16(25)11-24-10-15(9-22-24)23-18(26)13-2-4-14(19)5-3-13/h2-5,8-10H,6-7,11H2,1H3,(H,20,25)(H,23,26). The Morgan fingerprint density at radius 1 is 1.22 bits per heavy atom. The molecule has 0 spiro atoms. The summed E-state index contributed by atoms with van der Waals surface area (Å²) in [5, 5.41) is 10.5. The van der Waals surface area contributed by atoms with Crippen LogP contribution in [-0.4, -0.2) is 33.1 Å². The minimum atomic E-state index is -0.407. The van der Waals surface area contributed by atoms with Crippen LogP contribution < -0.4 is 10.6 Å². The normalized spacial score (nSPS) is 10.6. The van der Waals surface area contributed by atoms with Crippen LogP contribution >= 0.6 is 11.3 Å². The number of halogens is 1. The Bertz CT molecular complexity index is 935. The van der Waals surface area contributed by atoms with Gasteiger partial charge in [0.15, 0.2) is 0 Å². The van der Waals surface area contributed by atoms with Gasteiger partial charge in [-0.1, -0.05) is 0 Å². The maximum Gasteiger partial charge on any atom is 0.255 e. The van der Waals surface area contributed by atoms with Crippen molar-refractivity contribution in [2.75, 3.05) is 11.9 Å². The lowest BCUT2D eigenvalue weighted by Crippen LogP contribution is -2.29. The third-order valence-corrected chi connectivity index (χ3v) is 4.61. The van der Waals surface area contributed by atoms with Gasteiger partial charge < -0.3 is 10.6 Å². The predicted molar refractivity (Wildman–Crippen MR) is 100 cm³/mol. The number of carbonyl (C=O) groups is 2. The Kier molecular flexibility index (Phi) is 5.92. The van der Waals surface area contributed by atoms with Crippen molar-refractivity contribution in [2.45, 2.75) is 19.9 Å². The highest BCUT2D eigenvalue weighted by Gasteiger charge is 2.09. The molecule has 3 aromatic rings. The van der Waals surface area contributed by atoms with Crippen LogP contribution in [0.15, 0.2) is 42.9 Å². The smallest absolute Gasteiger partial charge is 0.255 e. The zero-order valence-electron chi connectivity index (χ0n) is 14.6. The first-order valence-corrected chi connectivity index (χ1v) is 9.08. The number of carbonyl (C=O) groups excluding carboxylic acids is 2. The first kappa shape index (κ1) is 18.7. The molecule has 2 N–H and O–H groups in total. The van der Waals surface area contributed by atoms with E-state index in [9.17, 15) is 14.0 Å². The topological polar surface area (TPSA) is 88.9 Å². The second kappa shape index (κ2) is 8.54. The summed E-state index contributed by atoms with van der Waals surface area (Å²) in [5.41, 5.74) is 0.787. The summed E-state index contributed by atoms with van der Waals surface area (Å²) < 4.78 is 14.3. The lowest BCUT2D eigenvalue weighted by atomic mass is 10.2. The largest absolute Gasteiger partial charge is 0.354 e. The molecule has 1 aromatic carbocycles. The van der Waals surface area contributed by atoms with Crippen LogP contribution in [0.2, 0.25) is 0 Å². The molecular weight excluding hydrogens is 369 g/mol. The van der Waals surface area contributed by atoms with E-state index in [4.69, 9.17) is 0 Å². The average molecular weight is 387 g/mol. The van der Waals surface area contributed by atoms with Crippen molar-refractivity contribution in [1.82, 2.24) is 20.1 Å². The monoisotopic (exact) mass is 387 g/mol. The van der Waals surface area contributed by atoms with Gasteiger partial charge in [0.1, 0.15) is 12.4 Å². The molecule has 0 atom stereocenters. The van der Waals surface area contributed by atoms with Crippen molar-refractivity contribution >= 4 is 28.8 Å². The van der Waals surface area contributed by atoms with Gasteiger partial charge in [-0.05, 0) is 31.2 Å². The fourth-order valence-electron chi connectivity index (χ4n) is 2.35. The highest BCUT2D eigenvalue weighted by atomic mass is 32.1. The fraction of sp³-hybridized carbons (Fsp3) is 0.222. The molecule has 0 aliphatic carbocycles. The first-order chi connectivity index (χ1) is 13.0. The second-order valence-electron chi connectivity index (χ2n) is 5.85. The first-order valence-electron chi connectivity index (χ1n) is 8.27. The summed E-state index contributed by atoms with van der Waals surface area (Å²) in [6, 6.07) is 5.23. The summed E-state index contributed by atoms with van der Waals surface area (Å²) in [7, 11) is 0. The van der Waals surface area contributed by atoms with Crippen LogP contribution in [-0.2, 0) is 17.8 Å². The maximum atomic E-state index is 12.9. The van der Waals surface area contributed by atoms with Gasteiger partial charge in [0.05, 0.1) is 16.9 Å². The molecule has 2 aromatic heterocycles. The number of aromatic nitrogens is 3. The van der Waals surface area contributed by atoms with E-state index >= 15 is 0 Å². The van der Waals surface area contributed by atoms with Gasteiger partial charge in [-0.3, -0.25) is 14.3 Å². The van der Waals surface area contributed by atoms with Crippen LogP contribution in [0.25, 0.3) is 0 Å². The number of thiazole rings is 1. The minimum Gasteiger partial charge on any atom is -0.354 e. The molecule has 0 radical (unpaired) electrons. The molecule has 2 amide bonds. The van der Waals surface area contributed by atoms with Gasteiger partial charge in [0.25, 0.3) is 5.91 Å². The number of nitrogens with one attached hydrogen (secondary N) is 2. The number of amides is 2. The molecule has 3 rings (SSSR count). The van der Waals surface area contributed by atoms with E-state index in [0.29, 0.717) is 24.2 Å². The van der Waals surface area contributed by atoms with E-state index in [1.807, 2.05) is 13.1 Å². The van der Waals surface area contributed by atoms with E-state index in [1.165, 1.54) is 35.1 Å². The predicted octanol–water partition coefficient (Wildman–Crippen LogP) is 2.40. The highest BCUT2D eigenvalue weighted by molar-refractivity contribution is 7.11. The van der Waals surface area contributed by atoms with Crippen LogP contribution in [0.5, 0.6) is 0 Å². The summed E-state index contributed by atoms with van der Waals surface area (Å²) in [4.78, 5) is 29.4. The molecular formula is C18H18FN5O2S. The van der Waals surface area contributed by atoms with Crippen molar-refractivity contribution in [3.8, 4) is 0 Å². The highest BCUT2D eigenvalue weighted by Crippen LogP contribution is 2.11. The number of nitrogens with zero attached hydrogens (tertiary/aromatic N) is 3. The molecule has 0 bridgehead atoms. The Balaban J connectivity index is 1.46. The molecule has 7 nitrogen and oxygen atoms in total. The SMILES string of the molecule is Cc1cnc(CCNC(=O)Cn2cc(NC(=O)c3ccc(F)cc3)cn2)s1. The molecule has 0 unspecified atom stereocenters. The fourth-order valence-corrected chi connectivity index (χ4v) is 3.13. The van der Waals surface area contributed by atoms with Crippen molar-refractivity contribution in [3.63, 3.8) is 0 Å². The van der Waals surface area contributed by atoms with E-state index in [-0.39, 0.29) is 18.4 Å². The third kappa shape index (κ3) is 5.45. The Morgan fingerprint density at radius 2 is 2.00 bits per heavy atom. The van der Waals surface area contributed by atoms with Crippen LogP contribution in [0.4, 0.5) is 10.1 Å². The molecule has 0 aliphatic rings. The van der Waals surface area contributed by atoms with E-state index in [2.05, 4.69) is 20.7 Å². The van der Waals surface area contributed by atoms with E-state index in [1.54, 1.807) is 17.5 Å². The van der Waals surface area contributed by atoms with Crippen LogP contribution in [0, 0.1) is 12.7 Å².